The summed E-state index contributed by atoms with van der Waals surface area (Å²) in [7, 11) is 0. The maximum atomic E-state index is 12.3. The van der Waals surface area contributed by atoms with Gasteiger partial charge in [-0.25, -0.2) is 0 Å². The Kier molecular flexibility index (Phi) is 2.55. The van der Waals surface area contributed by atoms with Gasteiger partial charge in [-0.3, -0.25) is 4.79 Å². The van der Waals surface area contributed by atoms with E-state index in [4.69, 9.17) is 15.2 Å². The van der Waals surface area contributed by atoms with Gasteiger partial charge in [0.1, 0.15) is 13.2 Å². The van der Waals surface area contributed by atoms with E-state index in [9.17, 15) is 4.79 Å². The van der Waals surface area contributed by atoms with Crippen LogP contribution in [0.15, 0.2) is 12.1 Å². The highest BCUT2D eigenvalue weighted by molar-refractivity contribution is 5.98. The Labute approximate surface area is 117 Å². The molecule has 1 amide bonds. The Bertz CT molecular complexity index is 562. The number of carbonyl (C=O) groups is 1. The fourth-order valence-corrected chi connectivity index (χ4v) is 3.64. The van der Waals surface area contributed by atoms with Crippen LogP contribution >= 0.6 is 0 Å². The standard InChI is InChI=1S/C15H18N2O3/c16-10-6-12-13(20-5-4-19-12)7-11(10)17-15(18)14-8-2-1-3-9(8)14/h6-9,14H,1-5,16H2,(H,17,18). The zero-order valence-electron chi connectivity index (χ0n) is 11.2. The lowest BCUT2D eigenvalue weighted by molar-refractivity contribution is -0.118. The van der Waals surface area contributed by atoms with Crippen LogP contribution in [0, 0.1) is 17.8 Å². The first-order valence-corrected chi connectivity index (χ1v) is 7.24. The van der Waals surface area contributed by atoms with Crippen molar-refractivity contribution in [3.05, 3.63) is 12.1 Å². The molecule has 3 N–H and O–H groups in total. The first-order valence-electron chi connectivity index (χ1n) is 7.24. The summed E-state index contributed by atoms with van der Waals surface area (Å²) >= 11 is 0. The van der Waals surface area contributed by atoms with Crippen LogP contribution in [-0.2, 0) is 4.79 Å². The lowest BCUT2D eigenvalue weighted by Gasteiger charge is -2.20. The molecule has 4 rings (SSSR count). The normalized spacial score (nSPS) is 29.7. The Morgan fingerprint density at radius 3 is 2.50 bits per heavy atom. The van der Waals surface area contributed by atoms with E-state index < -0.39 is 0 Å². The van der Waals surface area contributed by atoms with E-state index in [-0.39, 0.29) is 11.8 Å². The van der Waals surface area contributed by atoms with Crippen LogP contribution in [0.3, 0.4) is 0 Å². The summed E-state index contributed by atoms with van der Waals surface area (Å²) in [4.78, 5) is 12.3. The number of hydrogen-bond acceptors (Lipinski definition) is 4. The van der Waals surface area contributed by atoms with Crippen LogP contribution in [0.4, 0.5) is 11.4 Å². The maximum absolute atomic E-state index is 12.3. The molecule has 2 saturated carbocycles. The molecule has 0 saturated heterocycles. The topological polar surface area (TPSA) is 73.6 Å². The quantitative estimate of drug-likeness (QED) is 0.809. The Balaban J connectivity index is 1.52. The number of nitrogens with two attached hydrogens (primary N) is 1. The van der Waals surface area contributed by atoms with E-state index in [0.29, 0.717) is 47.9 Å². The molecule has 1 heterocycles. The monoisotopic (exact) mass is 274 g/mol. The molecule has 20 heavy (non-hydrogen) atoms. The zero-order chi connectivity index (χ0) is 13.7. The highest BCUT2D eigenvalue weighted by Crippen LogP contribution is 2.57. The second-order valence-corrected chi connectivity index (χ2v) is 5.86. The lowest BCUT2D eigenvalue weighted by atomic mass is 10.1. The molecule has 2 atom stereocenters. The fourth-order valence-electron chi connectivity index (χ4n) is 3.64. The van der Waals surface area contributed by atoms with Gasteiger partial charge in [0.2, 0.25) is 5.91 Å². The van der Waals surface area contributed by atoms with Gasteiger partial charge in [-0.1, -0.05) is 6.42 Å². The van der Waals surface area contributed by atoms with Crippen LogP contribution < -0.4 is 20.5 Å². The van der Waals surface area contributed by atoms with Gasteiger partial charge in [0, 0.05) is 18.1 Å². The lowest BCUT2D eigenvalue weighted by Crippen LogP contribution is -2.19. The number of nitrogen functional groups attached to an aromatic ring is 1. The van der Waals surface area contributed by atoms with Crippen molar-refractivity contribution in [1.82, 2.24) is 0 Å². The zero-order valence-corrected chi connectivity index (χ0v) is 11.2. The number of nitrogens with one attached hydrogen (secondary N) is 1. The van der Waals surface area contributed by atoms with E-state index in [2.05, 4.69) is 5.32 Å². The molecule has 2 unspecified atom stereocenters. The summed E-state index contributed by atoms with van der Waals surface area (Å²) < 4.78 is 11.0. The van der Waals surface area contributed by atoms with Gasteiger partial charge in [0.25, 0.3) is 0 Å². The van der Waals surface area contributed by atoms with E-state index in [1.165, 1.54) is 19.3 Å². The van der Waals surface area contributed by atoms with Gasteiger partial charge in [0.15, 0.2) is 11.5 Å². The summed E-state index contributed by atoms with van der Waals surface area (Å²) in [5, 5.41) is 2.95. The van der Waals surface area contributed by atoms with E-state index >= 15 is 0 Å². The van der Waals surface area contributed by atoms with Gasteiger partial charge in [-0.05, 0) is 24.7 Å². The number of rotatable bonds is 2. The molecule has 0 bridgehead atoms. The molecule has 3 aliphatic rings. The number of benzene rings is 1. The molecule has 0 aromatic heterocycles. The second kappa shape index (κ2) is 4.30. The molecule has 2 aliphatic carbocycles. The molecule has 1 aliphatic heterocycles. The summed E-state index contributed by atoms with van der Waals surface area (Å²) in [6, 6.07) is 3.48. The molecular formula is C15H18N2O3. The average molecular weight is 274 g/mol. The minimum absolute atomic E-state index is 0.100. The first-order chi connectivity index (χ1) is 9.74. The van der Waals surface area contributed by atoms with E-state index in [0.717, 1.165) is 0 Å². The number of hydrogen-bond donors (Lipinski definition) is 2. The largest absolute Gasteiger partial charge is 0.486 e. The van der Waals surface area contributed by atoms with Crippen molar-refractivity contribution >= 4 is 17.3 Å². The Morgan fingerprint density at radius 2 is 1.80 bits per heavy atom. The molecule has 5 heteroatoms. The molecule has 2 fully saturated rings. The number of amides is 1. The van der Waals surface area contributed by atoms with Crippen molar-refractivity contribution in [2.24, 2.45) is 17.8 Å². The minimum atomic E-state index is 0.100. The smallest absolute Gasteiger partial charge is 0.228 e. The minimum Gasteiger partial charge on any atom is -0.486 e. The van der Waals surface area contributed by atoms with Crippen molar-refractivity contribution in [3.8, 4) is 11.5 Å². The number of carbonyl (C=O) groups excluding carboxylic acids is 1. The number of anilines is 2. The third kappa shape index (κ3) is 1.80. The molecule has 1 aromatic carbocycles. The molecule has 0 radical (unpaired) electrons. The van der Waals surface area contributed by atoms with Gasteiger partial charge in [-0.15, -0.1) is 0 Å². The van der Waals surface area contributed by atoms with Gasteiger partial charge < -0.3 is 20.5 Å². The van der Waals surface area contributed by atoms with Gasteiger partial charge >= 0.3 is 0 Å². The highest BCUT2D eigenvalue weighted by atomic mass is 16.6. The Morgan fingerprint density at radius 1 is 1.15 bits per heavy atom. The SMILES string of the molecule is Nc1cc2c(cc1NC(=O)C1C3CCCC31)OCCO2. The Hall–Kier alpha value is -1.91. The van der Waals surface area contributed by atoms with Crippen LogP contribution in [0.5, 0.6) is 11.5 Å². The van der Waals surface area contributed by atoms with Crippen LogP contribution in [0.25, 0.3) is 0 Å². The molecular weight excluding hydrogens is 256 g/mol. The summed E-state index contributed by atoms with van der Waals surface area (Å²) in [6.45, 7) is 1.06. The summed E-state index contributed by atoms with van der Waals surface area (Å²) in [5.41, 5.74) is 7.13. The van der Waals surface area contributed by atoms with Crippen molar-refractivity contribution < 1.29 is 14.3 Å². The number of ether oxygens (including phenoxy) is 2. The van der Waals surface area contributed by atoms with E-state index in [1.807, 2.05) is 0 Å². The highest BCUT2D eigenvalue weighted by Gasteiger charge is 2.56. The van der Waals surface area contributed by atoms with Crippen molar-refractivity contribution in [2.45, 2.75) is 19.3 Å². The predicted octanol–water partition coefficient (Wildman–Crippen LogP) is 2.02. The second-order valence-electron chi connectivity index (χ2n) is 5.86. The molecule has 1 aromatic rings. The molecule has 0 spiro atoms. The van der Waals surface area contributed by atoms with Crippen molar-refractivity contribution in [2.75, 3.05) is 24.3 Å². The van der Waals surface area contributed by atoms with Gasteiger partial charge in [0.05, 0.1) is 11.4 Å². The van der Waals surface area contributed by atoms with E-state index in [1.54, 1.807) is 12.1 Å². The molecule has 5 nitrogen and oxygen atoms in total. The third-order valence-electron chi connectivity index (χ3n) is 4.68. The van der Waals surface area contributed by atoms with Crippen LogP contribution in [0.2, 0.25) is 0 Å². The fraction of sp³-hybridized carbons (Fsp3) is 0.533. The maximum Gasteiger partial charge on any atom is 0.228 e. The van der Waals surface area contributed by atoms with Crippen molar-refractivity contribution in [3.63, 3.8) is 0 Å². The summed E-state index contributed by atoms with van der Waals surface area (Å²) in [5.74, 6) is 2.80. The van der Waals surface area contributed by atoms with Crippen LogP contribution in [0.1, 0.15) is 19.3 Å². The number of fused-ring (bicyclic) bond motifs is 2. The van der Waals surface area contributed by atoms with Crippen molar-refractivity contribution in [1.29, 1.82) is 0 Å². The first kappa shape index (κ1) is 11.9. The third-order valence-corrected chi connectivity index (χ3v) is 4.68. The van der Waals surface area contributed by atoms with Crippen LogP contribution in [-0.4, -0.2) is 19.1 Å². The molecule has 106 valence electrons. The van der Waals surface area contributed by atoms with Gasteiger partial charge in [-0.2, -0.15) is 0 Å². The average Bonchev–Trinajstić information content (AvgIpc) is 2.93. The predicted molar refractivity (Wildman–Crippen MR) is 74.8 cm³/mol. The summed E-state index contributed by atoms with van der Waals surface area (Å²) in [6.07, 6.45) is 3.66.